The lowest BCUT2D eigenvalue weighted by Gasteiger charge is -2.21. The van der Waals surface area contributed by atoms with Crippen molar-refractivity contribution in [2.45, 2.75) is 33.3 Å². The van der Waals surface area contributed by atoms with Crippen molar-refractivity contribution >= 4 is 0 Å². The zero-order valence-corrected chi connectivity index (χ0v) is 11.7. The van der Waals surface area contributed by atoms with Gasteiger partial charge in [-0.05, 0) is 42.5 Å². The van der Waals surface area contributed by atoms with Gasteiger partial charge in [-0.25, -0.2) is 0 Å². The van der Waals surface area contributed by atoms with Crippen LogP contribution in [0.3, 0.4) is 0 Å². The Morgan fingerprint density at radius 2 is 1.83 bits per heavy atom. The molecule has 0 saturated heterocycles. The van der Waals surface area contributed by atoms with Crippen LogP contribution in [0.25, 0.3) is 0 Å². The summed E-state index contributed by atoms with van der Waals surface area (Å²) < 4.78 is 10.8. The molecule has 0 spiro atoms. The first-order valence-corrected chi connectivity index (χ1v) is 6.48. The second kappa shape index (κ2) is 7.39. The highest BCUT2D eigenvalue weighted by Crippen LogP contribution is 2.20. The average Bonchev–Trinajstić information content (AvgIpc) is 2.39. The van der Waals surface area contributed by atoms with Crippen LogP contribution in [-0.4, -0.2) is 20.3 Å². The van der Waals surface area contributed by atoms with Gasteiger partial charge in [0.25, 0.3) is 0 Å². The predicted octanol–water partition coefficient (Wildman–Crippen LogP) is 2.98. The third-order valence-electron chi connectivity index (χ3n) is 3.12. The molecule has 2 N–H and O–H groups in total. The van der Waals surface area contributed by atoms with Gasteiger partial charge in [0.1, 0.15) is 5.75 Å². The van der Waals surface area contributed by atoms with Crippen LogP contribution in [0.2, 0.25) is 0 Å². The highest BCUT2D eigenvalue weighted by molar-refractivity contribution is 5.26. The number of hydrogen-bond donors (Lipinski definition) is 1. The lowest BCUT2D eigenvalue weighted by Crippen LogP contribution is -2.23. The summed E-state index contributed by atoms with van der Waals surface area (Å²) >= 11 is 0. The largest absolute Gasteiger partial charge is 0.497 e. The zero-order valence-electron chi connectivity index (χ0n) is 11.7. The third-order valence-corrected chi connectivity index (χ3v) is 3.12. The fourth-order valence-electron chi connectivity index (χ4n) is 1.67. The molecule has 3 nitrogen and oxygen atoms in total. The minimum atomic E-state index is 0.226. The summed E-state index contributed by atoms with van der Waals surface area (Å²) in [6, 6.07) is 7.97. The lowest BCUT2D eigenvalue weighted by atomic mass is 9.88. The molecule has 0 saturated carbocycles. The Morgan fingerprint density at radius 1 is 1.17 bits per heavy atom. The monoisotopic (exact) mass is 251 g/mol. The molecule has 1 rings (SSSR count). The van der Waals surface area contributed by atoms with E-state index in [2.05, 4.69) is 13.8 Å². The van der Waals surface area contributed by atoms with Gasteiger partial charge < -0.3 is 15.2 Å². The van der Waals surface area contributed by atoms with Crippen LogP contribution in [-0.2, 0) is 11.3 Å². The van der Waals surface area contributed by atoms with E-state index in [1.165, 1.54) is 5.56 Å². The van der Waals surface area contributed by atoms with E-state index in [0.717, 1.165) is 31.7 Å². The SMILES string of the molecule is COc1ccc(COCCCC(C)(C)CN)cc1. The van der Waals surface area contributed by atoms with E-state index in [0.29, 0.717) is 6.61 Å². The van der Waals surface area contributed by atoms with E-state index in [1.54, 1.807) is 7.11 Å². The second-order valence-electron chi connectivity index (χ2n) is 5.37. The molecule has 1 aromatic carbocycles. The molecule has 0 amide bonds. The van der Waals surface area contributed by atoms with Crippen molar-refractivity contribution in [3.63, 3.8) is 0 Å². The van der Waals surface area contributed by atoms with Crippen molar-refractivity contribution in [3.8, 4) is 5.75 Å². The van der Waals surface area contributed by atoms with Crippen LogP contribution in [0.4, 0.5) is 0 Å². The number of nitrogens with two attached hydrogens (primary N) is 1. The van der Waals surface area contributed by atoms with Crippen LogP contribution in [0, 0.1) is 5.41 Å². The number of methoxy groups -OCH3 is 1. The molecule has 0 aliphatic rings. The second-order valence-corrected chi connectivity index (χ2v) is 5.37. The Bertz CT molecular complexity index is 333. The molecule has 0 bridgehead atoms. The number of hydrogen-bond acceptors (Lipinski definition) is 3. The summed E-state index contributed by atoms with van der Waals surface area (Å²) in [5, 5.41) is 0. The summed E-state index contributed by atoms with van der Waals surface area (Å²) in [7, 11) is 1.67. The molecule has 0 radical (unpaired) electrons. The van der Waals surface area contributed by atoms with E-state index in [4.69, 9.17) is 15.2 Å². The first-order chi connectivity index (χ1) is 8.57. The fourth-order valence-corrected chi connectivity index (χ4v) is 1.67. The summed E-state index contributed by atoms with van der Waals surface area (Å²) in [4.78, 5) is 0. The predicted molar refractivity (Wildman–Crippen MR) is 74.7 cm³/mol. The van der Waals surface area contributed by atoms with Crippen LogP contribution in [0.15, 0.2) is 24.3 Å². The Hall–Kier alpha value is -1.06. The normalized spacial score (nSPS) is 11.6. The Balaban J connectivity index is 2.17. The number of ether oxygens (including phenoxy) is 2. The summed E-state index contributed by atoms with van der Waals surface area (Å²) in [5.41, 5.74) is 7.09. The molecule has 3 heteroatoms. The van der Waals surface area contributed by atoms with E-state index in [-0.39, 0.29) is 5.41 Å². The molecule has 0 aliphatic heterocycles. The van der Waals surface area contributed by atoms with E-state index < -0.39 is 0 Å². The highest BCUT2D eigenvalue weighted by Gasteiger charge is 2.14. The molecule has 0 aliphatic carbocycles. The van der Waals surface area contributed by atoms with Crippen molar-refractivity contribution in [3.05, 3.63) is 29.8 Å². The summed E-state index contributed by atoms with van der Waals surface area (Å²) in [6.45, 7) is 6.56. The Kier molecular flexibility index (Phi) is 6.16. The van der Waals surface area contributed by atoms with Gasteiger partial charge in [0.15, 0.2) is 0 Å². The minimum absolute atomic E-state index is 0.226. The number of benzene rings is 1. The van der Waals surface area contributed by atoms with Gasteiger partial charge >= 0.3 is 0 Å². The average molecular weight is 251 g/mol. The van der Waals surface area contributed by atoms with Crippen molar-refractivity contribution < 1.29 is 9.47 Å². The molecule has 0 aromatic heterocycles. The van der Waals surface area contributed by atoms with Crippen LogP contribution < -0.4 is 10.5 Å². The van der Waals surface area contributed by atoms with Gasteiger partial charge in [0.2, 0.25) is 0 Å². The van der Waals surface area contributed by atoms with E-state index in [9.17, 15) is 0 Å². The molecule has 0 unspecified atom stereocenters. The maximum atomic E-state index is 5.69. The molecule has 0 heterocycles. The number of rotatable bonds is 8. The quantitative estimate of drug-likeness (QED) is 0.722. The first-order valence-electron chi connectivity index (χ1n) is 6.48. The van der Waals surface area contributed by atoms with Gasteiger partial charge in [0.05, 0.1) is 13.7 Å². The standard InChI is InChI=1S/C15H25NO2/c1-15(2,12-16)9-4-10-18-11-13-5-7-14(17-3)8-6-13/h5-8H,4,9-12,16H2,1-3H3. The van der Waals surface area contributed by atoms with Crippen molar-refractivity contribution in [1.29, 1.82) is 0 Å². The molecule has 0 atom stereocenters. The topological polar surface area (TPSA) is 44.5 Å². The third kappa shape index (κ3) is 5.52. The van der Waals surface area contributed by atoms with Crippen molar-refractivity contribution in [2.24, 2.45) is 11.1 Å². The van der Waals surface area contributed by atoms with Crippen LogP contribution in [0.1, 0.15) is 32.3 Å². The lowest BCUT2D eigenvalue weighted by molar-refractivity contribution is 0.109. The summed E-state index contributed by atoms with van der Waals surface area (Å²) in [6.07, 6.45) is 2.16. The van der Waals surface area contributed by atoms with Crippen LogP contribution in [0.5, 0.6) is 5.75 Å². The molecular weight excluding hydrogens is 226 g/mol. The molecule has 0 fully saturated rings. The molecule has 1 aromatic rings. The van der Waals surface area contributed by atoms with Gasteiger partial charge in [0, 0.05) is 6.61 Å². The maximum Gasteiger partial charge on any atom is 0.118 e. The van der Waals surface area contributed by atoms with Gasteiger partial charge in [-0.15, -0.1) is 0 Å². The van der Waals surface area contributed by atoms with E-state index in [1.807, 2.05) is 24.3 Å². The smallest absolute Gasteiger partial charge is 0.118 e. The van der Waals surface area contributed by atoms with Gasteiger partial charge in [-0.1, -0.05) is 26.0 Å². The molecular formula is C15H25NO2. The Labute approximate surface area is 110 Å². The first kappa shape index (κ1) is 15.0. The Morgan fingerprint density at radius 3 is 2.39 bits per heavy atom. The zero-order chi connectivity index (χ0) is 13.4. The van der Waals surface area contributed by atoms with Crippen molar-refractivity contribution in [1.82, 2.24) is 0 Å². The molecule has 102 valence electrons. The van der Waals surface area contributed by atoms with Gasteiger partial charge in [-0.3, -0.25) is 0 Å². The van der Waals surface area contributed by atoms with Crippen LogP contribution >= 0.6 is 0 Å². The minimum Gasteiger partial charge on any atom is -0.497 e. The fraction of sp³-hybridized carbons (Fsp3) is 0.600. The van der Waals surface area contributed by atoms with E-state index >= 15 is 0 Å². The van der Waals surface area contributed by atoms with Crippen molar-refractivity contribution in [2.75, 3.05) is 20.3 Å². The summed E-state index contributed by atoms with van der Waals surface area (Å²) in [5.74, 6) is 0.878. The van der Waals surface area contributed by atoms with Gasteiger partial charge in [-0.2, -0.15) is 0 Å². The maximum absolute atomic E-state index is 5.69. The molecule has 18 heavy (non-hydrogen) atoms. The highest BCUT2D eigenvalue weighted by atomic mass is 16.5.